The molecule has 102 valence electrons. The van der Waals surface area contributed by atoms with Crippen molar-refractivity contribution in [2.45, 2.75) is 52.0 Å². The number of rotatable bonds is 5. The first-order chi connectivity index (χ1) is 8.59. The van der Waals surface area contributed by atoms with Crippen LogP contribution >= 0.6 is 0 Å². The largest absolute Gasteiger partial charge is 0.311 e. The summed E-state index contributed by atoms with van der Waals surface area (Å²) in [4.78, 5) is 0. The van der Waals surface area contributed by atoms with E-state index in [0.29, 0.717) is 11.5 Å². The van der Waals surface area contributed by atoms with Crippen molar-refractivity contribution in [3.63, 3.8) is 0 Å². The zero-order chi connectivity index (χ0) is 13.2. The normalized spacial score (nSPS) is 20.5. The molecule has 0 saturated heterocycles. The minimum absolute atomic E-state index is 0.427. The van der Waals surface area contributed by atoms with Gasteiger partial charge in [-0.25, -0.2) is 0 Å². The fraction of sp³-hybridized carbons (Fsp3) is 0.800. The molecule has 0 aromatic carbocycles. The quantitative estimate of drug-likeness (QED) is 0.868. The molecule has 1 aromatic rings. The Morgan fingerprint density at radius 1 is 1.39 bits per heavy atom. The van der Waals surface area contributed by atoms with Crippen molar-refractivity contribution in [2.24, 2.45) is 18.4 Å². The minimum atomic E-state index is 0.427. The molecule has 0 amide bonds. The number of nitrogens with zero attached hydrogens (tertiary/aromatic N) is 2. The Bertz CT molecular complexity index is 375. The number of aromatic nitrogens is 2. The predicted octanol–water partition coefficient (Wildman–Crippen LogP) is 3.29. The third-order valence-corrected chi connectivity index (χ3v) is 4.47. The van der Waals surface area contributed by atoms with E-state index in [-0.39, 0.29) is 0 Å². The molecule has 3 heteroatoms. The predicted molar refractivity (Wildman–Crippen MR) is 75.4 cm³/mol. The first kappa shape index (κ1) is 13.6. The molecule has 0 aliphatic heterocycles. The molecule has 0 spiro atoms. The monoisotopic (exact) mass is 249 g/mol. The summed E-state index contributed by atoms with van der Waals surface area (Å²) in [6.45, 7) is 4.69. The summed E-state index contributed by atoms with van der Waals surface area (Å²) in [5.41, 5.74) is 1.76. The van der Waals surface area contributed by atoms with Crippen LogP contribution in [0.2, 0.25) is 0 Å². The molecular weight excluding hydrogens is 222 g/mol. The summed E-state index contributed by atoms with van der Waals surface area (Å²) in [6.07, 6.45) is 8.68. The molecule has 3 nitrogen and oxygen atoms in total. The van der Waals surface area contributed by atoms with Crippen LogP contribution in [0.1, 0.15) is 57.7 Å². The van der Waals surface area contributed by atoms with Crippen LogP contribution in [0.5, 0.6) is 0 Å². The van der Waals surface area contributed by atoms with Crippen LogP contribution in [0.4, 0.5) is 0 Å². The van der Waals surface area contributed by atoms with Gasteiger partial charge < -0.3 is 5.32 Å². The minimum Gasteiger partial charge on any atom is -0.311 e. The lowest BCUT2D eigenvalue weighted by molar-refractivity contribution is 0.155. The lowest BCUT2D eigenvalue weighted by atomic mass is 9.71. The highest BCUT2D eigenvalue weighted by Gasteiger charge is 2.42. The highest BCUT2D eigenvalue weighted by atomic mass is 15.3. The molecular formula is C15H27N3. The summed E-state index contributed by atoms with van der Waals surface area (Å²) in [6, 6.07) is 2.61. The van der Waals surface area contributed by atoms with Crippen molar-refractivity contribution in [3.05, 3.63) is 18.0 Å². The molecule has 18 heavy (non-hydrogen) atoms. The standard InChI is InChI=1S/C15H27N3/c1-12(2)11-15(8-5-6-9-15)14(16-3)13-7-10-17-18(13)4/h7,10,12,14,16H,5-6,8-9,11H2,1-4H3. The van der Waals surface area contributed by atoms with Gasteiger partial charge in [0.15, 0.2) is 0 Å². The molecule has 0 bridgehead atoms. The highest BCUT2D eigenvalue weighted by molar-refractivity contribution is 5.13. The molecule has 1 N–H and O–H groups in total. The molecule has 1 aliphatic rings. The topological polar surface area (TPSA) is 29.9 Å². The Morgan fingerprint density at radius 3 is 2.50 bits per heavy atom. The van der Waals surface area contributed by atoms with Gasteiger partial charge >= 0.3 is 0 Å². The van der Waals surface area contributed by atoms with Gasteiger partial charge in [-0.3, -0.25) is 4.68 Å². The van der Waals surface area contributed by atoms with Crippen LogP contribution < -0.4 is 5.32 Å². The second-order valence-electron chi connectivity index (χ2n) is 6.27. The van der Waals surface area contributed by atoms with Crippen molar-refractivity contribution in [2.75, 3.05) is 7.05 Å². The van der Waals surface area contributed by atoms with Gasteiger partial charge in [0.1, 0.15) is 0 Å². The van der Waals surface area contributed by atoms with Crippen LogP contribution in [0, 0.1) is 11.3 Å². The summed E-state index contributed by atoms with van der Waals surface area (Å²) < 4.78 is 2.03. The van der Waals surface area contributed by atoms with E-state index in [1.807, 2.05) is 10.9 Å². The van der Waals surface area contributed by atoms with E-state index in [1.165, 1.54) is 37.8 Å². The van der Waals surface area contributed by atoms with Gasteiger partial charge in [0, 0.05) is 13.2 Å². The maximum atomic E-state index is 4.34. The molecule has 1 aromatic heterocycles. The first-order valence-corrected chi connectivity index (χ1v) is 7.24. The highest BCUT2D eigenvalue weighted by Crippen LogP contribution is 2.51. The van der Waals surface area contributed by atoms with E-state index in [2.05, 4.69) is 44.4 Å². The average Bonchev–Trinajstić information content (AvgIpc) is 2.90. The van der Waals surface area contributed by atoms with Crippen molar-refractivity contribution in [3.8, 4) is 0 Å². The van der Waals surface area contributed by atoms with Crippen molar-refractivity contribution < 1.29 is 0 Å². The number of aryl methyl sites for hydroxylation is 1. The maximum absolute atomic E-state index is 4.34. The fourth-order valence-corrected chi connectivity index (χ4v) is 3.94. The number of hydrogen-bond acceptors (Lipinski definition) is 2. The Hall–Kier alpha value is -0.830. The summed E-state index contributed by atoms with van der Waals surface area (Å²) in [7, 11) is 4.15. The fourth-order valence-electron chi connectivity index (χ4n) is 3.94. The van der Waals surface area contributed by atoms with Crippen molar-refractivity contribution in [1.82, 2.24) is 15.1 Å². The van der Waals surface area contributed by atoms with Crippen LogP contribution in [-0.2, 0) is 7.05 Å². The Balaban J connectivity index is 2.31. The van der Waals surface area contributed by atoms with Crippen molar-refractivity contribution >= 4 is 0 Å². The second-order valence-corrected chi connectivity index (χ2v) is 6.27. The van der Waals surface area contributed by atoms with Gasteiger partial charge in [-0.2, -0.15) is 5.10 Å². The van der Waals surface area contributed by atoms with Gasteiger partial charge in [0.2, 0.25) is 0 Å². The Morgan fingerprint density at radius 2 is 2.06 bits per heavy atom. The number of hydrogen-bond donors (Lipinski definition) is 1. The Kier molecular flexibility index (Phi) is 4.10. The van der Waals surface area contributed by atoms with Crippen LogP contribution in [0.25, 0.3) is 0 Å². The van der Waals surface area contributed by atoms with Crippen LogP contribution in [0.15, 0.2) is 12.3 Å². The zero-order valence-corrected chi connectivity index (χ0v) is 12.2. The summed E-state index contributed by atoms with van der Waals surface area (Å²) in [5, 5.41) is 7.92. The van der Waals surface area contributed by atoms with Gasteiger partial charge in [-0.05, 0) is 43.7 Å². The summed E-state index contributed by atoms with van der Waals surface area (Å²) in [5.74, 6) is 0.757. The average molecular weight is 249 g/mol. The second kappa shape index (κ2) is 5.43. The molecule has 1 saturated carbocycles. The van der Waals surface area contributed by atoms with Gasteiger partial charge in [-0.1, -0.05) is 26.7 Å². The number of nitrogens with one attached hydrogen (secondary N) is 1. The van der Waals surface area contributed by atoms with Crippen LogP contribution in [0.3, 0.4) is 0 Å². The maximum Gasteiger partial charge on any atom is 0.0555 e. The molecule has 1 fully saturated rings. The van der Waals surface area contributed by atoms with E-state index in [4.69, 9.17) is 0 Å². The summed E-state index contributed by atoms with van der Waals surface area (Å²) >= 11 is 0. The van der Waals surface area contributed by atoms with Crippen LogP contribution in [-0.4, -0.2) is 16.8 Å². The lowest BCUT2D eigenvalue weighted by Crippen LogP contribution is -2.37. The molecule has 1 heterocycles. The molecule has 2 rings (SSSR count). The SMILES string of the molecule is CNC(c1ccnn1C)C1(CC(C)C)CCCC1. The molecule has 1 atom stereocenters. The first-order valence-electron chi connectivity index (χ1n) is 7.24. The smallest absolute Gasteiger partial charge is 0.0555 e. The van der Waals surface area contributed by atoms with Gasteiger partial charge in [-0.15, -0.1) is 0 Å². The lowest BCUT2D eigenvalue weighted by Gasteiger charge is -2.39. The zero-order valence-electron chi connectivity index (χ0n) is 12.2. The van der Waals surface area contributed by atoms with E-state index in [0.717, 1.165) is 5.92 Å². The van der Waals surface area contributed by atoms with E-state index >= 15 is 0 Å². The third-order valence-electron chi connectivity index (χ3n) is 4.47. The third kappa shape index (κ3) is 2.46. The van der Waals surface area contributed by atoms with Gasteiger partial charge in [0.25, 0.3) is 0 Å². The van der Waals surface area contributed by atoms with E-state index in [9.17, 15) is 0 Å². The van der Waals surface area contributed by atoms with Crippen molar-refractivity contribution in [1.29, 1.82) is 0 Å². The molecule has 0 radical (unpaired) electrons. The van der Waals surface area contributed by atoms with E-state index < -0.39 is 0 Å². The van der Waals surface area contributed by atoms with Gasteiger partial charge in [0.05, 0.1) is 11.7 Å². The molecule has 1 aliphatic carbocycles. The Labute approximate surface area is 111 Å². The molecule has 1 unspecified atom stereocenters. The van der Waals surface area contributed by atoms with E-state index in [1.54, 1.807) is 0 Å².